The molecule has 4 aromatic carbocycles. The van der Waals surface area contributed by atoms with Gasteiger partial charge in [0.05, 0.1) is 25.2 Å². The third-order valence-corrected chi connectivity index (χ3v) is 5.92. The van der Waals surface area contributed by atoms with Crippen molar-refractivity contribution in [1.82, 2.24) is 5.32 Å². The van der Waals surface area contributed by atoms with E-state index in [0.717, 1.165) is 11.6 Å². The predicted molar refractivity (Wildman–Crippen MR) is 145 cm³/mol. The molecule has 4 aromatic rings. The minimum Gasteiger partial charge on any atom is -0.457 e. The molecule has 0 aliphatic rings. The summed E-state index contributed by atoms with van der Waals surface area (Å²) in [6.45, 7) is -0.0698. The Kier molecular flexibility index (Phi) is 9.87. The van der Waals surface area contributed by atoms with Gasteiger partial charge in [-0.1, -0.05) is 36.4 Å². The lowest BCUT2D eigenvalue weighted by Gasteiger charge is -2.19. The van der Waals surface area contributed by atoms with E-state index in [2.05, 4.69) is 10.6 Å². The molecule has 1 unspecified atom stereocenters. The zero-order valence-electron chi connectivity index (χ0n) is 22.0. The molecule has 1 atom stereocenters. The van der Waals surface area contributed by atoms with Gasteiger partial charge in [-0.3, -0.25) is 9.59 Å². The number of anilines is 1. The Hall–Kier alpha value is -4.77. The number of carbonyl (C=O) groups excluding carboxylic acids is 2. The van der Waals surface area contributed by atoms with Crippen LogP contribution in [0.3, 0.4) is 0 Å². The van der Waals surface area contributed by atoms with Crippen LogP contribution in [0.15, 0.2) is 97.1 Å². The minimum absolute atomic E-state index is 0.000828. The maximum Gasteiger partial charge on any atom is 0.419 e. The van der Waals surface area contributed by atoms with E-state index < -0.39 is 47.7 Å². The zero-order chi connectivity index (χ0) is 30.1. The van der Waals surface area contributed by atoms with Gasteiger partial charge in [0.15, 0.2) is 0 Å². The second-order valence-corrected chi connectivity index (χ2v) is 9.18. The summed E-state index contributed by atoms with van der Waals surface area (Å²) in [5, 5.41) is 5.18. The Morgan fingerprint density at radius 1 is 0.786 bits per heavy atom. The van der Waals surface area contributed by atoms with E-state index in [1.54, 1.807) is 24.3 Å². The van der Waals surface area contributed by atoms with Crippen LogP contribution in [-0.4, -0.2) is 24.5 Å². The van der Waals surface area contributed by atoms with Gasteiger partial charge in [-0.15, -0.1) is 0 Å². The smallest absolute Gasteiger partial charge is 0.419 e. The van der Waals surface area contributed by atoms with Crippen molar-refractivity contribution < 1.29 is 41.0 Å². The molecule has 0 radical (unpaired) electrons. The molecule has 6 nitrogen and oxygen atoms in total. The summed E-state index contributed by atoms with van der Waals surface area (Å²) in [6, 6.07) is 21.9. The number of carbonyl (C=O) groups is 2. The van der Waals surface area contributed by atoms with Crippen molar-refractivity contribution >= 4 is 17.5 Å². The van der Waals surface area contributed by atoms with E-state index in [-0.39, 0.29) is 18.8 Å². The molecule has 0 aliphatic carbocycles. The van der Waals surface area contributed by atoms with Crippen molar-refractivity contribution in [3.63, 3.8) is 0 Å². The second kappa shape index (κ2) is 13.7. The molecule has 4 rings (SSSR count). The first kappa shape index (κ1) is 30.2. The number of nitrogens with one attached hydrogen (secondary N) is 2. The molecule has 0 aromatic heterocycles. The molecule has 0 bridgehead atoms. The largest absolute Gasteiger partial charge is 0.457 e. The fourth-order valence-corrected chi connectivity index (χ4v) is 3.86. The molecule has 2 N–H and O–H groups in total. The van der Waals surface area contributed by atoms with Crippen LogP contribution in [0.2, 0.25) is 0 Å². The maximum atomic E-state index is 14.0. The summed E-state index contributed by atoms with van der Waals surface area (Å²) in [6.07, 6.45) is -5.33. The number of benzene rings is 4. The van der Waals surface area contributed by atoms with E-state index >= 15 is 0 Å². The van der Waals surface area contributed by atoms with E-state index in [0.29, 0.717) is 29.3 Å². The molecule has 2 amide bonds. The number of hydrogen-bond donors (Lipinski definition) is 2. The summed E-state index contributed by atoms with van der Waals surface area (Å²) in [5.41, 5.74) is -0.232. The van der Waals surface area contributed by atoms with Crippen LogP contribution in [0, 0.1) is 11.6 Å². The topological polar surface area (TPSA) is 76.7 Å². The first-order valence-corrected chi connectivity index (χ1v) is 12.7. The van der Waals surface area contributed by atoms with Crippen molar-refractivity contribution in [2.75, 3.05) is 11.9 Å². The Morgan fingerprint density at radius 2 is 1.43 bits per heavy atom. The molecule has 0 spiro atoms. The highest BCUT2D eigenvalue weighted by Crippen LogP contribution is 2.31. The van der Waals surface area contributed by atoms with Crippen LogP contribution in [0.4, 0.5) is 27.6 Å². The maximum absolute atomic E-state index is 14.0. The van der Waals surface area contributed by atoms with E-state index in [1.807, 2.05) is 30.3 Å². The van der Waals surface area contributed by atoms with Gasteiger partial charge in [0.25, 0.3) is 0 Å². The van der Waals surface area contributed by atoms with Crippen molar-refractivity contribution in [3.8, 4) is 11.5 Å². The predicted octanol–water partition coefficient (Wildman–Crippen LogP) is 6.66. The lowest BCUT2D eigenvalue weighted by molar-refractivity contribution is -0.140. The van der Waals surface area contributed by atoms with Gasteiger partial charge in [0.1, 0.15) is 29.2 Å². The molecule has 11 heteroatoms. The van der Waals surface area contributed by atoms with Gasteiger partial charge in [-0.2, -0.15) is 13.2 Å². The number of hydrogen-bond acceptors (Lipinski definition) is 4. The molecule has 0 heterocycles. The summed E-state index contributed by atoms with van der Waals surface area (Å²) in [4.78, 5) is 25.8. The first-order chi connectivity index (χ1) is 20.1. The number of rotatable bonds is 11. The summed E-state index contributed by atoms with van der Waals surface area (Å²) in [7, 11) is 0. The van der Waals surface area contributed by atoms with E-state index in [1.165, 1.54) is 24.3 Å². The van der Waals surface area contributed by atoms with Crippen molar-refractivity contribution in [2.45, 2.75) is 25.2 Å². The first-order valence-electron chi connectivity index (χ1n) is 12.7. The normalized spacial score (nSPS) is 11.9. The standard InChI is InChI=1S/C31H25F5N2O4/c32-22-7-11-24(12-8-22)42-25-13-9-23(10-14-25)37-30(40)28(19-41-18-20-4-2-1-3-5-20)38-29(39)17-21-6-15-26(27(33)16-21)31(34,35)36/h1-16,28H,17-19H2,(H,37,40)(H,38,39). The number of alkyl halides is 3. The molecule has 0 aliphatic heterocycles. The van der Waals surface area contributed by atoms with Crippen molar-refractivity contribution in [3.05, 3.63) is 125 Å². The molecule has 0 fully saturated rings. The van der Waals surface area contributed by atoms with Gasteiger partial charge in [0.2, 0.25) is 11.8 Å². The monoisotopic (exact) mass is 584 g/mol. The van der Waals surface area contributed by atoms with Gasteiger partial charge in [-0.05, 0) is 71.8 Å². The third kappa shape index (κ3) is 8.87. The summed E-state index contributed by atoms with van der Waals surface area (Å²) >= 11 is 0. The Morgan fingerprint density at radius 3 is 2.05 bits per heavy atom. The van der Waals surface area contributed by atoms with Gasteiger partial charge in [-0.25, -0.2) is 8.78 Å². The lowest BCUT2D eigenvalue weighted by Crippen LogP contribution is -2.47. The Labute approximate surface area is 238 Å². The number of amides is 2. The van der Waals surface area contributed by atoms with E-state index in [4.69, 9.17) is 9.47 Å². The second-order valence-electron chi connectivity index (χ2n) is 9.18. The highest BCUT2D eigenvalue weighted by molar-refractivity contribution is 5.97. The Bertz CT molecular complexity index is 1500. The molecular weight excluding hydrogens is 559 g/mol. The van der Waals surface area contributed by atoms with Crippen LogP contribution in [0.1, 0.15) is 16.7 Å². The number of ether oxygens (including phenoxy) is 2. The van der Waals surface area contributed by atoms with E-state index in [9.17, 15) is 31.5 Å². The average Bonchev–Trinajstić information content (AvgIpc) is 2.94. The highest BCUT2D eigenvalue weighted by Gasteiger charge is 2.34. The van der Waals surface area contributed by atoms with Crippen LogP contribution in [0.5, 0.6) is 11.5 Å². The quantitative estimate of drug-likeness (QED) is 0.194. The molecule has 42 heavy (non-hydrogen) atoms. The average molecular weight is 585 g/mol. The van der Waals surface area contributed by atoms with Crippen LogP contribution in [0.25, 0.3) is 0 Å². The SMILES string of the molecule is O=C(Cc1ccc(C(F)(F)F)c(F)c1)NC(COCc1ccccc1)C(=O)Nc1ccc(Oc2ccc(F)cc2)cc1. The molecule has 0 saturated heterocycles. The zero-order valence-corrected chi connectivity index (χ0v) is 22.0. The van der Waals surface area contributed by atoms with Crippen molar-refractivity contribution in [2.24, 2.45) is 0 Å². The lowest BCUT2D eigenvalue weighted by atomic mass is 10.1. The fourth-order valence-electron chi connectivity index (χ4n) is 3.86. The fraction of sp³-hybridized carbons (Fsp3) is 0.161. The van der Waals surface area contributed by atoms with Gasteiger partial charge >= 0.3 is 6.18 Å². The Balaban J connectivity index is 1.40. The van der Waals surface area contributed by atoms with Gasteiger partial charge < -0.3 is 20.1 Å². The molecular formula is C31H25F5N2O4. The van der Waals surface area contributed by atoms with Crippen LogP contribution in [-0.2, 0) is 33.5 Å². The van der Waals surface area contributed by atoms with Crippen molar-refractivity contribution in [1.29, 1.82) is 0 Å². The summed E-state index contributed by atoms with van der Waals surface area (Å²) in [5.74, 6) is -2.40. The molecule has 0 saturated carbocycles. The van der Waals surface area contributed by atoms with Gasteiger partial charge in [0, 0.05) is 5.69 Å². The third-order valence-electron chi connectivity index (χ3n) is 5.92. The minimum atomic E-state index is -4.87. The number of halogens is 5. The molecule has 218 valence electrons. The van der Waals surface area contributed by atoms with Crippen LogP contribution >= 0.6 is 0 Å². The highest BCUT2D eigenvalue weighted by atomic mass is 19.4. The summed E-state index contributed by atoms with van der Waals surface area (Å²) < 4.78 is 76.9. The van der Waals surface area contributed by atoms with Crippen LogP contribution < -0.4 is 15.4 Å².